The molecule has 2 N–H and O–H groups in total. The molecule has 0 aliphatic carbocycles. The summed E-state index contributed by atoms with van der Waals surface area (Å²) in [7, 11) is 1.69. The second-order valence-electron chi connectivity index (χ2n) is 6.86. The fourth-order valence-corrected chi connectivity index (χ4v) is 3.54. The van der Waals surface area contributed by atoms with E-state index in [0.29, 0.717) is 11.6 Å². The van der Waals surface area contributed by atoms with Gasteiger partial charge in [0.2, 0.25) is 0 Å². The highest BCUT2D eigenvalue weighted by molar-refractivity contribution is 14.0. The Morgan fingerprint density at radius 1 is 1.41 bits per heavy atom. The number of nitrogens with zero attached hydrogens (tertiary/aromatic N) is 4. The van der Waals surface area contributed by atoms with Crippen LogP contribution >= 0.6 is 35.6 Å². The summed E-state index contributed by atoms with van der Waals surface area (Å²) in [4.78, 5) is 9.32. The van der Waals surface area contributed by atoms with Crippen molar-refractivity contribution < 1.29 is 4.74 Å². The molecule has 2 atom stereocenters. The summed E-state index contributed by atoms with van der Waals surface area (Å²) in [5, 5.41) is 12.1. The topological polar surface area (TPSA) is 76.4 Å². The number of ether oxygens (including phenoxy) is 1. The molecule has 1 aliphatic rings. The molecule has 0 saturated heterocycles. The van der Waals surface area contributed by atoms with Crippen LogP contribution in [0.4, 0.5) is 0 Å². The van der Waals surface area contributed by atoms with Crippen molar-refractivity contribution in [2.24, 2.45) is 4.99 Å². The van der Waals surface area contributed by atoms with E-state index >= 15 is 0 Å². The van der Waals surface area contributed by atoms with Gasteiger partial charge >= 0.3 is 0 Å². The predicted molar refractivity (Wildman–Crippen MR) is 127 cm³/mol. The lowest BCUT2D eigenvalue weighted by Crippen LogP contribution is -2.47. The van der Waals surface area contributed by atoms with E-state index in [1.54, 1.807) is 7.11 Å². The summed E-state index contributed by atoms with van der Waals surface area (Å²) >= 11 is 6.11. The van der Waals surface area contributed by atoms with Gasteiger partial charge in [-0.15, -0.1) is 24.0 Å². The number of halogens is 2. The van der Waals surface area contributed by atoms with Crippen molar-refractivity contribution in [1.29, 1.82) is 0 Å². The Balaban J connectivity index is 0.00000300. The normalized spacial score (nSPS) is 17.2. The fraction of sp³-hybridized carbons (Fsp3) is 0.550. The average Bonchev–Trinajstić information content (AvgIpc) is 3.11. The van der Waals surface area contributed by atoms with E-state index in [2.05, 4.69) is 34.6 Å². The zero-order valence-corrected chi connectivity index (χ0v) is 20.3. The highest BCUT2D eigenvalue weighted by Gasteiger charge is 2.22. The van der Waals surface area contributed by atoms with Crippen LogP contribution in [0.2, 0.25) is 5.02 Å². The molecule has 9 heteroatoms. The highest BCUT2D eigenvalue weighted by Crippen LogP contribution is 2.20. The van der Waals surface area contributed by atoms with Gasteiger partial charge in [-0.05, 0) is 31.0 Å². The summed E-state index contributed by atoms with van der Waals surface area (Å²) < 4.78 is 7.65. The maximum atomic E-state index is 6.11. The van der Waals surface area contributed by atoms with Crippen molar-refractivity contribution in [1.82, 2.24) is 25.4 Å². The van der Waals surface area contributed by atoms with E-state index in [-0.39, 0.29) is 36.1 Å². The second-order valence-corrected chi connectivity index (χ2v) is 7.30. The van der Waals surface area contributed by atoms with Crippen LogP contribution in [0.5, 0.6) is 0 Å². The van der Waals surface area contributed by atoms with Gasteiger partial charge in [0.05, 0.1) is 13.1 Å². The van der Waals surface area contributed by atoms with E-state index in [4.69, 9.17) is 21.3 Å². The molecule has 2 aromatic rings. The van der Waals surface area contributed by atoms with Crippen LogP contribution in [0.25, 0.3) is 0 Å². The van der Waals surface area contributed by atoms with Crippen molar-refractivity contribution >= 4 is 41.5 Å². The van der Waals surface area contributed by atoms with E-state index in [1.807, 2.05) is 28.9 Å². The fourth-order valence-electron chi connectivity index (χ4n) is 3.34. The van der Waals surface area contributed by atoms with Crippen molar-refractivity contribution in [3.05, 3.63) is 46.5 Å². The molecule has 0 fully saturated rings. The first-order valence-corrected chi connectivity index (χ1v) is 10.3. The summed E-state index contributed by atoms with van der Waals surface area (Å²) in [6, 6.07) is 7.99. The summed E-state index contributed by atoms with van der Waals surface area (Å²) in [5.74, 6) is 2.79. The average molecular weight is 533 g/mol. The Labute approximate surface area is 194 Å². The molecule has 2 unspecified atom stereocenters. The Hall–Kier alpha value is -1.39. The smallest absolute Gasteiger partial charge is 0.191 e. The molecule has 1 aliphatic heterocycles. The summed E-state index contributed by atoms with van der Waals surface area (Å²) in [6.45, 7) is 6.25. The molecule has 3 rings (SSSR count). The molecular formula is C20H30ClIN6O. The lowest BCUT2D eigenvalue weighted by molar-refractivity contribution is 0.111. The second kappa shape index (κ2) is 11.7. The van der Waals surface area contributed by atoms with E-state index in [1.165, 1.54) is 0 Å². The molecule has 0 amide bonds. The Kier molecular flexibility index (Phi) is 9.64. The number of aryl methyl sites for hydroxylation is 2. The summed E-state index contributed by atoms with van der Waals surface area (Å²) in [5.41, 5.74) is 1.02. The lowest BCUT2D eigenvalue weighted by Gasteiger charge is -2.25. The highest BCUT2D eigenvalue weighted by atomic mass is 127. The minimum absolute atomic E-state index is 0. The van der Waals surface area contributed by atoms with Crippen LogP contribution in [-0.2, 0) is 24.1 Å². The van der Waals surface area contributed by atoms with Crippen LogP contribution in [0, 0.1) is 0 Å². The number of fused-ring (bicyclic) bond motifs is 1. The SMILES string of the molecule is CCNC(=NCC(OC)c1cccc(Cl)c1)NC1CCc2nc(CC)nn2C1.I. The number of hydrogen-bond donors (Lipinski definition) is 2. The zero-order chi connectivity index (χ0) is 19.9. The molecule has 0 spiro atoms. The summed E-state index contributed by atoms with van der Waals surface area (Å²) in [6.07, 6.45) is 2.65. The third-order valence-corrected chi connectivity index (χ3v) is 5.06. The van der Waals surface area contributed by atoms with Gasteiger partial charge in [-0.2, -0.15) is 5.10 Å². The number of nitrogens with one attached hydrogen (secondary N) is 2. The van der Waals surface area contributed by atoms with E-state index in [9.17, 15) is 0 Å². The first-order valence-electron chi connectivity index (χ1n) is 9.88. The van der Waals surface area contributed by atoms with Crippen LogP contribution in [0.15, 0.2) is 29.3 Å². The van der Waals surface area contributed by atoms with Crippen molar-refractivity contribution in [2.75, 3.05) is 20.2 Å². The van der Waals surface area contributed by atoms with Gasteiger partial charge in [0.25, 0.3) is 0 Å². The molecule has 0 radical (unpaired) electrons. The molecule has 2 heterocycles. The standard InChI is InChI=1S/C20H29ClN6O.HI/c1-4-18-25-19-10-9-16(13-27(19)26-18)24-20(22-5-2)23-12-17(28-3)14-7-6-8-15(21)11-14;/h6-8,11,16-17H,4-5,9-10,12-13H2,1-3H3,(H2,22,23,24);1H. The number of aromatic nitrogens is 3. The van der Waals surface area contributed by atoms with Crippen LogP contribution in [0.3, 0.4) is 0 Å². The lowest BCUT2D eigenvalue weighted by atomic mass is 10.1. The number of rotatable bonds is 7. The minimum atomic E-state index is -0.144. The van der Waals surface area contributed by atoms with Crippen LogP contribution in [0.1, 0.15) is 43.6 Å². The quantitative estimate of drug-likeness (QED) is 0.325. The third kappa shape index (κ3) is 6.55. The van der Waals surface area contributed by atoms with Gasteiger partial charge < -0.3 is 15.4 Å². The first kappa shape index (κ1) is 23.9. The van der Waals surface area contributed by atoms with Crippen molar-refractivity contribution in [3.63, 3.8) is 0 Å². The number of guanidine groups is 1. The van der Waals surface area contributed by atoms with E-state index < -0.39 is 0 Å². The number of hydrogen-bond acceptors (Lipinski definition) is 4. The van der Waals surface area contributed by atoms with E-state index in [0.717, 1.165) is 55.5 Å². The largest absolute Gasteiger partial charge is 0.375 e. The number of methoxy groups -OCH3 is 1. The Bertz CT molecular complexity index is 812. The number of benzene rings is 1. The van der Waals surface area contributed by atoms with Gasteiger partial charge in [-0.1, -0.05) is 30.7 Å². The van der Waals surface area contributed by atoms with Gasteiger partial charge in [-0.3, -0.25) is 4.99 Å². The maximum absolute atomic E-state index is 6.11. The van der Waals surface area contributed by atoms with Gasteiger partial charge in [0.1, 0.15) is 11.9 Å². The zero-order valence-electron chi connectivity index (χ0n) is 17.2. The van der Waals surface area contributed by atoms with Gasteiger partial charge in [0.15, 0.2) is 11.8 Å². The molecule has 1 aromatic heterocycles. The van der Waals surface area contributed by atoms with Crippen LogP contribution in [-0.4, -0.2) is 47.0 Å². The predicted octanol–water partition coefficient (Wildman–Crippen LogP) is 3.37. The van der Waals surface area contributed by atoms with Gasteiger partial charge in [-0.25, -0.2) is 9.67 Å². The molecular weight excluding hydrogens is 503 g/mol. The molecule has 7 nitrogen and oxygen atoms in total. The van der Waals surface area contributed by atoms with Crippen molar-refractivity contribution in [3.8, 4) is 0 Å². The minimum Gasteiger partial charge on any atom is -0.375 e. The van der Waals surface area contributed by atoms with Crippen molar-refractivity contribution in [2.45, 2.75) is 51.8 Å². The molecule has 29 heavy (non-hydrogen) atoms. The Morgan fingerprint density at radius 3 is 2.93 bits per heavy atom. The molecule has 0 bridgehead atoms. The Morgan fingerprint density at radius 2 is 2.24 bits per heavy atom. The first-order chi connectivity index (χ1) is 13.6. The number of aliphatic imine (C=N–C) groups is 1. The third-order valence-electron chi connectivity index (χ3n) is 4.82. The molecule has 0 saturated carbocycles. The maximum Gasteiger partial charge on any atom is 0.191 e. The van der Waals surface area contributed by atoms with Gasteiger partial charge in [0, 0.05) is 37.6 Å². The monoisotopic (exact) mass is 532 g/mol. The molecule has 1 aromatic carbocycles. The van der Waals surface area contributed by atoms with Crippen LogP contribution < -0.4 is 10.6 Å². The molecule has 160 valence electrons.